The molecule has 2 aliphatic heterocycles. The first-order valence-corrected chi connectivity index (χ1v) is 8.29. The quantitative estimate of drug-likeness (QED) is 0.844. The highest BCUT2D eigenvalue weighted by Crippen LogP contribution is 2.31. The maximum absolute atomic E-state index is 13.2. The second-order valence-corrected chi connectivity index (χ2v) is 6.44. The van der Waals surface area contributed by atoms with E-state index in [-0.39, 0.29) is 11.4 Å². The summed E-state index contributed by atoms with van der Waals surface area (Å²) >= 11 is 0. The van der Waals surface area contributed by atoms with Crippen LogP contribution in [-0.4, -0.2) is 59.1 Å². The van der Waals surface area contributed by atoms with Gasteiger partial charge >= 0.3 is 0 Å². The number of aromatic nitrogens is 2. The average Bonchev–Trinajstić information content (AvgIpc) is 3.23. The Morgan fingerprint density at radius 3 is 2.67 bits per heavy atom. The number of amides is 1. The van der Waals surface area contributed by atoms with Crippen molar-refractivity contribution in [2.24, 2.45) is 0 Å². The minimum absolute atomic E-state index is 0.0171. The van der Waals surface area contributed by atoms with Gasteiger partial charge in [0.05, 0.1) is 42.3 Å². The molecule has 0 N–H and O–H groups in total. The van der Waals surface area contributed by atoms with Gasteiger partial charge in [-0.25, -0.2) is 4.68 Å². The van der Waals surface area contributed by atoms with Crippen LogP contribution in [0, 0.1) is 6.92 Å². The van der Waals surface area contributed by atoms with Crippen molar-refractivity contribution in [2.75, 3.05) is 33.0 Å². The smallest absolute Gasteiger partial charge is 0.258 e. The maximum atomic E-state index is 13.2. The molecule has 1 atom stereocenters. The molecule has 1 aromatic heterocycles. The van der Waals surface area contributed by atoms with Crippen molar-refractivity contribution in [3.8, 4) is 5.69 Å². The largest absolute Gasteiger partial charge is 0.379 e. The number of ether oxygens (including phenoxy) is 2. The molecular formula is C18H21N3O3. The summed E-state index contributed by atoms with van der Waals surface area (Å²) in [7, 11) is 0. The van der Waals surface area contributed by atoms with E-state index >= 15 is 0 Å². The maximum Gasteiger partial charge on any atom is 0.258 e. The van der Waals surface area contributed by atoms with Crippen LogP contribution >= 0.6 is 0 Å². The Kier molecular flexibility index (Phi) is 3.86. The van der Waals surface area contributed by atoms with Gasteiger partial charge in [0.25, 0.3) is 5.91 Å². The van der Waals surface area contributed by atoms with Crippen LogP contribution in [-0.2, 0) is 9.47 Å². The molecule has 1 amide bonds. The van der Waals surface area contributed by atoms with E-state index in [1.165, 1.54) is 0 Å². The highest BCUT2D eigenvalue weighted by atomic mass is 16.5. The third kappa shape index (κ3) is 2.52. The summed E-state index contributed by atoms with van der Waals surface area (Å²) in [6.07, 6.45) is 2.65. The van der Waals surface area contributed by atoms with Crippen molar-refractivity contribution >= 4 is 5.91 Å². The number of carbonyl (C=O) groups excluding carboxylic acids is 1. The number of aryl methyl sites for hydroxylation is 1. The van der Waals surface area contributed by atoms with Gasteiger partial charge in [0.1, 0.15) is 0 Å². The molecule has 24 heavy (non-hydrogen) atoms. The first-order chi connectivity index (χ1) is 11.7. The van der Waals surface area contributed by atoms with Crippen molar-refractivity contribution in [1.82, 2.24) is 14.7 Å². The Labute approximate surface area is 141 Å². The third-order valence-corrected chi connectivity index (χ3v) is 4.88. The van der Waals surface area contributed by atoms with E-state index in [9.17, 15) is 4.79 Å². The molecule has 6 nitrogen and oxygen atoms in total. The third-order valence-electron chi connectivity index (χ3n) is 4.88. The van der Waals surface area contributed by atoms with Crippen molar-refractivity contribution in [2.45, 2.75) is 18.9 Å². The highest BCUT2D eigenvalue weighted by Gasteiger charge is 2.46. The van der Waals surface area contributed by atoms with Gasteiger partial charge in [-0.1, -0.05) is 18.2 Å². The molecule has 1 unspecified atom stereocenters. The van der Waals surface area contributed by atoms with Crippen molar-refractivity contribution in [3.63, 3.8) is 0 Å². The number of rotatable bonds is 2. The van der Waals surface area contributed by atoms with E-state index in [0.29, 0.717) is 38.5 Å². The first kappa shape index (κ1) is 15.4. The van der Waals surface area contributed by atoms with Gasteiger partial charge in [0.2, 0.25) is 0 Å². The van der Waals surface area contributed by atoms with Gasteiger partial charge in [0, 0.05) is 19.3 Å². The van der Waals surface area contributed by atoms with Gasteiger partial charge in [-0.3, -0.25) is 4.79 Å². The van der Waals surface area contributed by atoms with Gasteiger partial charge in [-0.15, -0.1) is 0 Å². The van der Waals surface area contributed by atoms with E-state index in [1.807, 2.05) is 48.4 Å². The van der Waals surface area contributed by atoms with Crippen LogP contribution in [0.5, 0.6) is 0 Å². The molecule has 2 fully saturated rings. The number of benzene rings is 1. The summed E-state index contributed by atoms with van der Waals surface area (Å²) < 4.78 is 13.0. The van der Waals surface area contributed by atoms with Gasteiger partial charge in [-0.2, -0.15) is 5.10 Å². The zero-order valence-corrected chi connectivity index (χ0v) is 13.8. The zero-order chi connectivity index (χ0) is 16.6. The monoisotopic (exact) mass is 327 g/mol. The van der Waals surface area contributed by atoms with E-state index in [1.54, 1.807) is 4.68 Å². The predicted molar refractivity (Wildman–Crippen MR) is 88.3 cm³/mol. The lowest BCUT2D eigenvalue weighted by atomic mass is 9.95. The molecule has 0 saturated carbocycles. The van der Waals surface area contributed by atoms with Crippen molar-refractivity contribution in [3.05, 3.63) is 47.8 Å². The van der Waals surface area contributed by atoms with Gasteiger partial charge < -0.3 is 14.4 Å². The topological polar surface area (TPSA) is 56.6 Å². The summed E-state index contributed by atoms with van der Waals surface area (Å²) in [6, 6.07) is 9.83. The molecule has 2 aliphatic rings. The summed E-state index contributed by atoms with van der Waals surface area (Å²) in [5.74, 6) is 0.0171. The van der Waals surface area contributed by atoms with E-state index in [2.05, 4.69) is 5.10 Å². The van der Waals surface area contributed by atoms with Crippen LogP contribution in [0.4, 0.5) is 0 Å². The average molecular weight is 327 g/mol. The Morgan fingerprint density at radius 1 is 1.17 bits per heavy atom. The van der Waals surface area contributed by atoms with Crippen LogP contribution in [0.2, 0.25) is 0 Å². The molecule has 2 aromatic rings. The molecule has 0 radical (unpaired) electrons. The summed E-state index contributed by atoms with van der Waals surface area (Å²) in [6.45, 7) is 4.81. The fourth-order valence-electron chi connectivity index (χ4n) is 3.50. The van der Waals surface area contributed by atoms with Gasteiger partial charge in [-0.05, 0) is 25.5 Å². The molecule has 1 aromatic carbocycles. The summed E-state index contributed by atoms with van der Waals surface area (Å²) in [5, 5.41) is 4.52. The number of hydrogen-bond acceptors (Lipinski definition) is 4. The summed E-state index contributed by atoms with van der Waals surface area (Å²) in [5.41, 5.74) is 2.01. The first-order valence-electron chi connectivity index (χ1n) is 8.29. The Bertz CT molecular complexity index is 735. The van der Waals surface area contributed by atoms with Gasteiger partial charge in [0.15, 0.2) is 0 Å². The minimum atomic E-state index is -0.323. The molecular weight excluding hydrogens is 306 g/mol. The Balaban J connectivity index is 1.66. The lowest BCUT2D eigenvalue weighted by Crippen LogP contribution is -2.59. The second kappa shape index (κ2) is 6.03. The van der Waals surface area contributed by atoms with E-state index in [4.69, 9.17) is 9.47 Å². The standard InChI is InChI=1S/C18H21N3O3/c1-14-16(11-21(19-14)15-5-3-2-4-6-15)17(22)20-8-10-24-13-18(20)7-9-23-12-18/h2-6,11H,7-10,12-13H2,1H3. The lowest BCUT2D eigenvalue weighted by molar-refractivity contribution is -0.0551. The SMILES string of the molecule is Cc1nn(-c2ccccc2)cc1C(=O)N1CCOCC12CCOC2. The normalized spacial score (nSPS) is 23.8. The van der Waals surface area contributed by atoms with Crippen LogP contribution in [0.1, 0.15) is 22.5 Å². The van der Waals surface area contributed by atoms with Crippen molar-refractivity contribution in [1.29, 1.82) is 0 Å². The molecule has 126 valence electrons. The predicted octanol–water partition coefficient (Wildman–Crippen LogP) is 1.81. The number of para-hydroxylation sites is 1. The van der Waals surface area contributed by atoms with E-state index in [0.717, 1.165) is 17.8 Å². The minimum Gasteiger partial charge on any atom is -0.379 e. The Morgan fingerprint density at radius 2 is 1.92 bits per heavy atom. The second-order valence-electron chi connectivity index (χ2n) is 6.44. The van der Waals surface area contributed by atoms with Crippen molar-refractivity contribution < 1.29 is 14.3 Å². The molecule has 1 spiro atoms. The zero-order valence-electron chi connectivity index (χ0n) is 13.8. The van der Waals surface area contributed by atoms with E-state index < -0.39 is 0 Å². The number of morpholine rings is 1. The summed E-state index contributed by atoms with van der Waals surface area (Å²) in [4.78, 5) is 15.1. The molecule has 6 heteroatoms. The fourth-order valence-corrected chi connectivity index (χ4v) is 3.50. The molecule has 0 aliphatic carbocycles. The number of hydrogen-bond donors (Lipinski definition) is 0. The number of nitrogens with zero attached hydrogens (tertiary/aromatic N) is 3. The molecule has 4 rings (SSSR count). The molecule has 2 saturated heterocycles. The highest BCUT2D eigenvalue weighted by molar-refractivity contribution is 5.95. The van der Waals surface area contributed by atoms with Crippen LogP contribution in [0.3, 0.4) is 0 Å². The lowest BCUT2D eigenvalue weighted by Gasteiger charge is -2.43. The fraction of sp³-hybridized carbons (Fsp3) is 0.444. The van der Waals surface area contributed by atoms with Crippen LogP contribution in [0.25, 0.3) is 5.69 Å². The Hall–Kier alpha value is -2.18. The molecule has 3 heterocycles. The number of carbonyl (C=O) groups is 1. The van der Waals surface area contributed by atoms with Crippen LogP contribution < -0.4 is 0 Å². The molecule has 0 bridgehead atoms. The van der Waals surface area contributed by atoms with Crippen LogP contribution in [0.15, 0.2) is 36.5 Å².